The van der Waals surface area contributed by atoms with Crippen molar-refractivity contribution in [2.45, 2.75) is 17.5 Å². The average Bonchev–Trinajstić information content (AvgIpc) is 3.19. The second-order valence-corrected chi connectivity index (χ2v) is 7.51. The summed E-state index contributed by atoms with van der Waals surface area (Å²) in [6.07, 6.45) is 2.95. The van der Waals surface area contributed by atoms with Crippen LogP contribution in [0.5, 0.6) is 0 Å². The minimum absolute atomic E-state index is 0.158. The maximum absolute atomic E-state index is 11.8. The predicted octanol–water partition coefficient (Wildman–Crippen LogP) is 1.84. The first kappa shape index (κ1) is 16.4. The number of thioether (sulfide) groups is 1. The van der Waals surface area contributed by atoms with Crippen molar-refractivity contribution in [3.63, 3.8) is 0 Å². The van der Waals surface area contributed by atoms with E-state index in [9.17, 15) is 9.90 Å². The zero-order chi connectivity index (χ0) is 17.2. The van der Waals surface area contributed by atoms with Crippen molar-refractivity contribution in [2.75, 3.05) is 18.8 Å². The fourth-order valence-electron chi connectivity index (χ4n) is 3.32. The van der Waals surface area contributed by atoms with Gasteiger partial charge in [-0.05, 0) is 12.1 Å². The highest BCUT2D eigenvalue weighted by Crippen LogP contribution is 2.27. The molecule has 0 amide bonds. The van der Waals surface area contributed by atoms with Crippen LogP contribution in [0.25, 0.3) is 11.0 Å². The molecule has 2 aromatic heterocycles. The van der Waals surface area contributed by atoms with Gasteiger partial charge in [-0.2, -0.15) is 0 Å². The zero-order valence-corrected chi connectivity index (χ0v) is 14.5. The Morgan fingerprint density at radius 1 is 1.24 bits per heavy atom. The molecule has 3 heterocycles. The molecule has 0 unspecified atom stereocenters. The van der Waals surface area contributed by atoms with E-state index in [0.717, 1.165) is 17.9 Å². The van der Waals surface area contributed by atoms with Gasteiger partial charge in [-0.1, -0.05) is 18.2 Å². The Bertz CT molecular complexity index is 908. The molecule has 6 nitrogen and oxygen atoms in total. The standard InChI is InChI=1S/C18H20N4O2S/c23-15-9-22(8-13(15)10-25-14-4-2-1-3-5-14)7-12-6-19-17-16(12)20-11-21-18(17)24/h1-6,11,13,15,19,23H,7-10H2,(H,20,21,24)/t13-,15+/m1/s1. The summed E-state index contributed by atoms with van der Waals surface area (Å²) in [5, 5.41) is 10.4. The van der Waals surface area contributed by atoms with Crippen molar-refractivity contribution < 1.29 is 5.11 Å². The largest absolute Gasteiger partial charge is 0.391 e. The highest BCUT2D eigenvalue weighted by Gasteiger charge is 2.31. The van der Waals surface area contributed by atoms with E-state index >= 15 is 0 Å². The van der Waals surface area contributed by atoms with Crippen LogP contribution in [0.1, 0.15) is 5.56 Å². The Labute approximate surface area is 149 Å². The summed E-state index contributed by atoms with van der Waals surface area (Å²) >= 11 is 1.79. The highest BCUT2D eigenvalue weighted by atomic mass is 32.2. The maximum atomic E-state index is 11.8. The van der Waals surface area contributed by atoms with Gasteiger partial charge in [0.1, 0.15) is 5.52 Å². The van der Waals surface area contributed by atoms with Crippen LogP contribution in [-0.4, -0.2) is 49.9 Å². The second kappa shape index (κ2) is 7.03. The third kappa shape index (κ3) is 3.49. The summed E-state index contributed by atoms with van der Waals surface area (Å²) < 4.78 is 0. The number of nitrogens with one attached hydrogen (secondary N) is 2. The molecule has 130 valence electrons. The normalized spacial score (nSPS) is 21.2. The van der Waals surface area contributed by atoms with E-state index in [1.165, 1.54) is 11.2 Å². The van der Waals surface area contributed by atoms with E-state index in [0.29, 0.717) is 24.1 Å². The van der Waals surface area contributed by atoms with Crippen LogP contribution in [0.4, 0.5) is 0 Å². The number of benzene rings is 1. The average molecular weight is 356 g/mol. The topological polar surface area (TPSA) is 85.0 Å². The SMILES string of the molecule is O=c1[nH]cnc2c(CN3C[C@H](CSc4ccccc4)[C@@H](O)C3)c[nH]c12. The van der Waals surface area contributed by atoms with Gasteiger partial charge in [0.25, 0.3) is 5.56 Å². The summed E-state index contributed by atoms with van der Waals surface area (Å²) in [7, 11) is 0. The van der Waals surface area contributed by atoms with Crippen LogP contribution in [0.2, 0.25) is 0 Å². The number of rotatable bonds is 5. The minimum atomic E-state index is -0.321. The lowest BCUT2D eigenvalue weighted by Crippen LogP contribution is -2.21. The summed E-state index contributed by atoms with van der Waals surface area (Å²) in [6.45, 7) is 2.17. The van der Waals surface area contributed by atoms with Gasteiger partial charge in [0, 0.05) is 48.0 Å². The first-order valence-electron chi connectivity index (χ1n) is 8.32. The van der Waals surface area contributed by atoms with E-state index in [-0.39, 0.29) is 17.6 Å². The Morgan fingerprint density at radius 2 is 2.08 bits per heavy atom. The molecule has 1 aliphatic rings. The number of nitrogens with zero attached hydrogens (tertiary/aromatic N) is 2. The Hall–Kier alpha value is -2.09. The number of likely N-dealkylation sites (tertiary alicyclic amines) is 1. The first-order chi connectivity index (χ1) is 12.2. The van der Waals surface area contributed by atoms with Crippen LogP contribution >= 0.6 is 11.8 Å². The molecule has 4 rings (SSSR count). The number of hydrogen-bond acceptors (Lipinski definition) is 5. The van der Waals surface area contributed by atoms with E-state index < -0.39 is 0 Å². The molecule has 0 radical (unpaired) electrons. The van der Waals surface area contributed by atoms with Crippen LogP contribution in [0.15, 0.2) is 52.5 Å². The Balaban J connectivity index is 1.41. The first-order valence-corrected chi connectivity index (χ1v) is 9.31. The number of β-amino-alcohol motifs (C(OH)–C–C–N with tert-alkyl or cyclic N) is 1. The van der Waals surface area contributed by atoms with Gasteiger partial charge in [-0.25, -0.2) is 4.98 Å². The Morgan fingerprint density at radius 3 is 2.92 bits per heavy atom. The molecule has 0 aliphatic carbocycles. The van der Waals surface area contributed by atoms with Crippen molar-refractivity contribution in [3.05, 3.63) is 58.8 Å². The number of H-pyrrole nitrogens is 2. The molecule has 0 saturated carbocycles. The molecule has 1 aromatic carbocycles. The molecule has 25 heavy (non-hydrogen) atoms. The van der Waals surface area contributed by atoms with Gasteiger partial charge < -0.3 is 15.1 Å². The van der Waals surface area contributed by atoms with E-state index in [4.69, 9.17) is 0 Å². The number of fused-ring (bicyclic) bond motifs is 1. The summed E-state index contributed by atoms with van der Waals surface area (Å²) in [5.74, 6) is 1.14. The summed E-state index contributed by atoms with van der Waals surface area (Å²) in [4.78, 5) is 25.1. The lowest BCUT2D eigenvalue weighted by molar-refractivity contribution is 0.149. The fourth-order valence-corrected chi connectivity index (χ4v) is 4.40. The highest BCUT2D eigenvalue weighted by molar-refractivity contribution is 7.99. The number of aromatic amines is 2. The van der Waals surface area contributed by atoms with Crippen LogP contribution < -0.4 is 5.56 Å². The van der Waals surface area contributed by atoms with Crippen molar-refractivity contribution in [3.8, 4) is 0 Å². The fraction of sp³-hybridized carbons (Fsp3) is 0.333. The molecular weight excluding hydrogens is 336 g/mol. The lowest BCUT2D eigenvalue weighted by Gasteiger charge is -2.14. The molecule has 3 aromatic rings. The van der Waals surface area contributed by atoms with Crippen molar-refractivity contribution in [1.82, 2.24) is 19.9 Å². The van der Waals surface area contributed by atoms with E-state index in [2.05, 4.69) is 32.0 Å². The van der Waals surface area contributed by atoms with Crippen LogP contribution in [0.3, 0.4) is 0 Å². The van der Waals surface area contributed by atoms with E-state index in [1.54, 1.807) is 11.8 Å². The third-order valence-corrected chi connectivity index (χ3v) is 5.83. The van der Waals surface area contributed by atoms with Gasteiger partial charge in [-0.3, -0.25) is 9.69 Å². The molecule has 7 heteroatoms. The molecule has 3 N–H and O–H groups in total. The lowest BCUT2D eigenvalue weighted by atomic mass is 10.1. The third-order valence-electron chi connectivity index (χ3n) is 4.63. The van der Waals surface area contributed by atoms with Crippen molar-refractivity contribution >= 4 is 22.8 Å². The quantitative estimate of drug-likeness (QED) is 0.608. The van der Waals surface area contributed by atoms with Crippen molar-refractivity contribution in [2.24, 2.45) is 5.92 Å². The maximum Gasteiger partial charge on any atom is 0.275 e. The van der Waals surface area contributed by atoms with Crippen LogP contribution in [-0.2, 0) is 6.54 Å². The summed E-state index contributed by atoms with van der Waals surface area (Å²) in [6, 6.07) is 10.3. The van der Waals surface area contributed by atoms with E-state index in [1.807, 2.05) is 24.4 Å². The zero-order valence-electron chi connectivity index (χ0n) is 13.7. The van der Waals surface area contributed by atoms with Gasteiger partial charge in [-0.15, -0.1) is 11.8 Å². The van der Waals surface area contributed by atoms with Gasteiger partial charge in [0.05, 0.1) is 17.9 Å². The molecule has 2 atom stereocenters. The van der Waals surface area contributed by atoms with Gasteiger partial charge in [0.15, 0.2) is 0 Å². The molecule has 1 saturated heterocycles. The van der Waals surface area contributed by atoms with Crippen molar-refractivity contribution in [1.29, 1.82) is 0 Å². The van der Waals surface area contributed by atoms with Gasteiger partial charge in [0.2, 0.25) is 0 Å². The molecule has 0 spiro atoms. The molecule has 1 fully saturated rings. The molecule has 1 aliphatic heterocycles. The minimum Gasteiger partial charge on any atom is -0.391 e. The number of aliphatic hydroxyl groups is 1. The summed E-state index contributed by atoms with van der Waals surface area (Å²) in [5.41, 5.74) is 2.05. The number of hydrogen-bond donors (Lipinski definition) is 3. The Kier molecular flexibility index (Phi) is 4.61. The van der Waals surface area contributed by atoms with Crippen LogP contribution in [0, 0.1) is 5.92 Å². The number of aromatic nitrogens is 3. The molecular formula is C18H20N4O2S. The predicted molar refractivity (Wildman–Crippen MR) is 98.7 cm³/mol. The van der Waals surface area contributed by atoms with Gasteiger partial charge >= 0.3 is 0 Å². The monoisotopic (exact) mass is 356 g/mol. The number of aliphatic hydroxyl groups excluding tert-OH is 1. The second-order valence-electron chi connectivity index (χ2n) is 6.41. The smallest absolute Gasteiger partial charge is 0.275 e. The molecule has 0 bridgehead atoms.